The number of hydrogen-bond acceptors (Lipinski definition) is 4. The zero-order valence-corrected chi connectivity index (χ0v) is 14.5. The Kier molecular flexibility index (Phi) is 4.92. The summed E-state index contributed by atoms with van der Waals surface area (Å²) in [5.41, 5.74) is 7.58. The fourth-order valence-corrected chi connectivity index (χ4v) is 3.03. The topological polar surface area (TPSA) is 79.5 Å². The number of benzene rings is 1. The Morgan fingerprint density at radius 1 is 1.20 bits per heavy atom. The van der Waals surface area contributed by atoms with Crippen LogP contribution in [0.15, 0.2) is 48.9 Å². The van der Waals surface area contributed by atoms with Crippen molar-refractivity contribution in [3.05, 3.63) is 70.1 Å². The third-order valence-corrected chi connectivity index (χ3v) is 4.36. The van der Waals surface area contributed by atoms with E-state index in [4.69, 9.17) is 28.9 Å². The normalized spacial score (nSPS) is 14.5. The molecule has 128 valence electrons. The summed E-state index contributed by atoms with van der Waals surface area (Å²) in [6.45, 7) is 0.374. The zero-order valence-electron chi connectivity index (χ0n) is 13.0. The van der Waals surface area contributed by atoms with E-state index in [9.17, 15) is 9.59 Å². The number of nitrogens with two attached hydrogens (primary N) is 1. The van der Waals surface area contributed by atoms with Crippen LogP contribution >= 0.6 is 23.2 Å². The maximum absolute atomic E-state index is 12.2. The van der Waals surface area contributed by atoms with E-state index < -0.39 is 11.9 Å². The SMILES string of the molecule is NC(=O)N1C=C(c2ccncc2)N(Cc2ccc(Cl)cc2Cl)CC1=O. The number of amides is 3. The smallest absolute Gasteiger partial charge is 0.325 e. The van der Waals surface area contributed by atoms with Gasteiger partial charge in [-0.3, -0.25) is 9.78 Å². The summed E-state index contributed by atoms with van der Waals surface area (Å²) >= 11 is 12.2. The second kappa shape index (κ2) is 7.13. The van der Waals surface area contributed by atoms with Gasteiger partial charge in [0.25, 0.3) is 5.91 Å². The number of carbonyl (C=O) groups is 2. The first kappa shape index (κ1) is 17.3. The van der Waals surface area contributed by atoms with Crippen LogP contribution in [0.4, 0.5) is 4.79 Å². The molecule has 0 saturated heterocycles. The maximum Gasteiger partial charge on any atom is 0.325 e. The van der Waals surface area contributed by atoms with Gasteiger partial charge >= 0.3 is 6.03 Å². The first-order valence-electron chi connectivity index (χ1n) is 7.38. The predicted molar refractivity (Wildman–Crippen MR) is 95.5 cm³/mol. The van der Waals surface area contributed by atoms with E-state index in [0.29, 0.717) is 22.3 Å². The minimum absolute atomic E-state index is 0.00392. The highest BCUT2D eigenvalue weighted by Gasteiger charge is 2.29. The van der Waals surface area contributed by atoms with Crippen LogP contribution in [0.25, 0.3) is 5.70 Å². The predicted octanol–water partition coefficient (Wildman–Crippen LogP) is 3.11. The van der Waals surface area contributed by atoms with E-state index in [1.807, 2.05) is 4.90 Å². The average molecular weight is 377 g/mol. The molecule has 2 heterocycles. The van der Waals surface area contributed by atoms with Gasteiger partial charge in [0.15, 0.2) is 0 Å². The molecule has 8 heteroatoms. The summed E-state index contributed by atoms with van der Waals surface area (Å²) in [7, 11) is 0. The molecule has 1 aliphatic rings. The molecule has 3 rings (SSSR count). The molecule has 1 aromatic heterocycles. The summed E-state index contributed by atoms with van der Waals surface area (Å²) in [5.74, 6) is -0.407. The van der Waals surface area contributed by atoms with Crippen molar-refractivity contribution in [3.63, 3.8) is 0 Å². The lowest BCUT2D eigenvalue weighted by Crippen LogP contribution is -2.46. The molecule has 0 unspecified atom stereocenters. The van der Waals surface area contributed by atoms with Crippen LogP contribution < -0.4 is 5.73 Å². The van der Waals surface area contributed by atoms with E-state index in [-0.39, 0.29) is 6.54 Å². The highest BCUT2D eigenvalue weighted by molar-refractivity contribution is 6.35. The Bertz CT molecular complexity index is 855. The van der Waals surface area contributed by atoms with Gasteiger partial charge in [0.05, 0.1) is 12.2 Å². The highest BCUT2D eigenvalue weighted by Crippen LogP contribution is 2.28. The number of carbonyl (C=O) groups excluding carboxylic acids is 2. The minimum Gasteiger partial charge on any atom is -0.356 e. The van der Waals surface area contributed by atoms with Gasteiger partial charge in [0.2, 0.25) is 0 Å². The van der Waals surface area contributed by atoms with E-state index in [2.05, 4.69) is 4.98 Å². The van der Waals surface area contributed by atoms with Gasteiger partial charge in [-0.2, -0.15) is 0 Å². The van der Waals surface area contributed by atoms with Gasteiger partial charge in [-0.05, 0) is 29.8 Å². The minimum atomic E-state index is -0.819. The van der Waals surface area contributed by atoms with Crippen LogP contribution in [0, 0.1) is 0 Å². The molecule has 6 nitrogen and oxygen atoms in total. The van der Waals surface area contributed by atoms with Gasteiger partial charge in [0.1, 0.15) is 0 Å². The molecule has 0 aliphatic carbocycles. The molecule has 0 radical (unpaired) electrons. The van der Waals surface area contributed by atoms with E-state index in [1.54, 1.807) is 42.7 Å². The molecule has 0 fully saturated rings. The Hall–Kier alpha value is -2.57. The van der Waals surface area contributed by atoms with Crippen molar-refractivity contribution in [2.75, 3.05) is 6.54 Å². The fraction of sp³-hybridized carbons (Fsp3) is 0.118. The zero-order chi connectivity index (χ0) is 18.0. The summed E-state index contributed by atoms with van der Waals surface area (Å²) in [4.78, 5) is 30.5. The summed E-state index contributed by atoms with van der Waals surface area (Å²) < 4.78 is 0. The number of hydrogen-bond donors (Lipinski definition) is 1. The monoisotopic (exact) mass is 376 g/mol. The maximum atomic E-state index is 12.2. The van der Waals surface area contributed by atoms with E-state index in [0.717, 1.165) is 16.0 Å². The first-order chi connectivity index (χ1) is 12.0. The second-order valence-electron chi connectivity index (χ2n) is 5.44. The second-order valence-corrected chi connectivity index (χ2v) is 6.29. The molecule has 0 bridgehead atoms. The Labute approximate surface area is 154 Å². The quantitative estimate of drug-likeness (QED) is 0.892. The lowest BCUT2D eigenvalue weighted by molar-refractivity contribution is -0.127. The van der Waals surface area contributed by atoms with Gasteiger partial charge < -0.3 is 10.6 Å². The van der Waals surface area contributed by atoms with E-state index in [1.165, 1.54) is 6.20 Å². The molecule has 2 N–H and O–H groups in total. The molecule has 1 aliphatic heterocycles. The Balaban J connectivity index is 1.99. The van der Waals surface area contributed by atoms with Crippen LogP contribution in [-0.2, 0) is 11.3 Å². The molecule has 1 aromatic carbocycles. The molecule has 2 aromatic rings. The molecule has 0 spiro atoms. The number of urea groups is 1. The van der Waals surface area contributed by atoms with Crippen molar-refractivity contribution in [1.29, 1.82) is 0 Å². The van der Waals surface area contributed by atoms with Crippen LogP contribution in [0.3, 0.4) is 0 Å². The van der Waals surface area contributed by atoms with Crippen molar-refractivity contribution in [2.45, 2.75) is 6.54 Å². The third-order valence-electron chi connectivity index (χ3n) is 3.78. The molecular formula is C17H14Cl2N4O2. The first-order valence-corrected chi connectivity index (χ1v) is 8.14. The average Bonchev–Trinajstić information content (AvgIpc) is 2.58. The van der Waals surface area contributed by atoms with Crippen LogP contribution in [0.5, 0.6) is 0 Å². The summed E-state index contributed by atoms with van der Waals surface area (Å²) in [6.07, 6.45) is 4.70. The number of imide groups is 1. The Morgan fingerprint density at radius 2 is 1.92 bits per heavy atom. The standard InChI is InChI=1S/C17H14Cl2N4O2/c18-13-2-1-12(14(19)7-13)8-22-10-16(24)23(17(20)25)9-15(22)11-3-5-21-6-4-11/h1-7,9H,8,10H2,(H2,20,25). The van der Waals surface area contributed by atoms with Crippen LogP contribution in [0.1, 0.15) is 11.1 Å². The van der Waals surface area contributed by atoms with Crippen molar-refractivity contribution < 1.29 is 9.59 Å². The van der Waals surface area contributed by atoms with Gasteiger partial charge in [-0.1, -0.05) is 29.3 Å². The fourth-order valence-electron chi connectivity index (χ4n) is 2.56. The summed E-state index contributed by atoms with van der Waals surface area (Å²) in [5, 5.41) is 1.04. The number of pyridine rings is 1. The number of halogens is 2. The number of aromatic nitrogens is 1. The van der Waals surface area contributed by atoms with Crippen LogP contribution in [0.2, 0.25) is 10.0 Å². The highest BCUT2D eigenvalue weighted by atomic mass is 35.5. The Morgan fingerprint density at radius 3 is 2.56 bits per heavy atom. The van der Waals surface area contributed by atoms with Gasteiger partial charge in [-0.15, -0.1) is 0 Å². The lowest BCUT2D eigenvalue weighted by Gasteiger charge is -2.34. The molecule has 0 saturated carbocycles. The summed E-state index contributed by atoms with van der Waals surface area (Å²) in [6, 6.07) is 7.95. The number of nitrogens with zero attached hydrogens (tertiary/aromatic N) is 3. The molecule has 0 atom stereocenters. The van der Waals surface area contributed by atoms with Crippen molar-refractivity contribution in [2.24, 2.45) is 5.73 Å². The van der Waals surface area contributed by atoms with Crippen molar-refractivity contribution in [3.8, 4) is 0 Å². The largest absolute Gasteiger partial charge is 0.356 e. The van der Waals surface area contributed by atoms with Crippen molar-refractivity contribution in [1.82, 2.24) is 14.8 Å². The molecule has 25 heavy (non-hydrogen) atoms. The van der Waals surface area contributed by atoms with Gasteiger partial charge in [0, 0.05) is 40.7 Å². The third kappa shape index (κ3) is 3.75. The van der Waals surface area contributed by atoms with Crippen LogP contribution in [-0.4, -0.2) is 33.3 Å². The van der Waals surface area contributed by atoms with E-state index >= 15 is 0 Å². The van der Waals surface area contributed by atoms with Crippen molar-refractivity contribution >= 4 is 40.8 Å². The molecule has 3 amide bonds. The molecular weight excluding hydrogens is 363 g/mol. The van der Waals surface area contributed by atoms with Gasteiger partial charge in [-0.25, -0.2) is 9.69 Å². The number of rotatable bonds is 3. The number of primary amides is 1. The lowest BCUT2D eigenvalue weighted by atomic mass is 10.1.